The minimum Gasteiger partial charge on any atom is -0.481 e. The number of carboxylic acid groups (broad SMARTS) is 1. The Kier molecular flexibility index (Phi) is 12.2. The average Bonchev–Trinajstić information content (AvgIpc) is 3.58. The van der Waals surface area contributed by atoms with Crippen molar-refractivity contribution in [3.8, 4) is 0 Å². The Labute approximate surface area is 235 Å². The Bertz CT molecular complexity index is 778. The van der Waals surface area contributed by atoms with E-state index in [1.165, 1.54) is 0 Å². The number of nitrogens with zero attached hydrogens (tertiary/aromatic N) is 2. The van der Waals surface area contributed by atoms with Gasteiger partial charge >= 0.3 is 5.97 Å². The van der Waals surface area contributed by atoms with E-state index in [1.54, 1.807) is 20.8 Å². The van der Waals surface area contributed by atoms with Gasteiger partial charge in [0, 0.05) is 25.0 Å². The number of carboxylic acids is 1. The molecule has 4 N–H and O–H groups in total. The second-order valence-electron chi connectivity index (χ2n) is 13.2. The maximum atomic E-state index is 12.0. The third-order valence-corrected chi connectivity index (χ3v) is 8.69. The van der Waals surface area contributed by atoms with Gasteiger partial charge in [0.1, 0.15) is 6.10 Å². The average molecular weight is 561 g/mol. The number of hydrogen-bond acceptors (Lipinski definition) is 9. The highest BCUT2D eigenvalue weighted by Gasteiger charge is 2.54. The summed E-state index contributed by atoms with van der Waals surface area (Å²) in [6.45, 7) is 13.6. The third kappa shape index (κ3) is 9.60. The summed E-state index contributed by atoms with van der Waals surface area (Å²) >= 11 is 0. The number of epoxide rings is 1. The molecule has 2 heterocycles. The molecular weight excluding hydrogens is 504 g/mol. The Morgan fingerprint density at radius 2 is 1.69 bits per heavy atom. The lowest BCUT2D eigenvalue weighted by Crippen LogP contribution is -2.52. The van der Waals surface area contributed by atoms with Crippen LogP contribution in [0.1, 0.15) is 80.6 Å². The molecule has 0 radical (unpaired) electrons. The van der Waals surface area contributed by atoms with Crippen molar-refractivity contribution in [1.82, 2.24) is 9.80 Å². The van der Waals surface area contributed by atoms with Gasteiger partial charge in [-0.25, -0.2) is 0 Å². The van der Waals surface area contributed by atoms with Crippen molar-refractivity contribution in [3.63, 3.8) is 0 Å². The van der Waals surface area contributed by atoms with Gasteiger partial charge in [0.25, 0.3) is 0 Å². The molecule has 0 aromatic carbocycles. The summed E-state index contributed by atoms with van der Waals surface area (Å²) in [6, 6.07) is -0.124. The molecule has 0 saturated carbocycles. The minimum atomic E-state index is -1.16. The molecule has 0 spiro atoms. The monoisotopic (exact) mass is 560 g/mol. The highest BCUT2D eigenvalue weighted by atomic mass is 16.8. The molecule has 2 saturated heterocycles. The summed E-state index contributed by atoms with van der Waals surface area (Å²) in [5.74, 6) is -1.89. The molecule has 10 heteroatoms. The zero-order valence-corrected chi connectivity index (χ0v) is 25.8. The lowest BCUT2D eigenvalue weighted by atomic mass is 9.80. The number of aliphatic carboxylic acids is 1. The van der Waals surface area contributed by atoms with E-state index < -0.39 is 41.6 Å². The van der Waals surface area contributed by atoms with E-state index in [0.29, 0.717) is 32.2 Å². The first-order valence-electron chi connectivity index (χ1n) is 14.6. The first-order chi connectivity index (χ1) is 17.9. The smallest absolute Gasteiger partial charge is 0.308 e. The van der Waals surface area contributed by atoms with Crippen LogP contribution in [-0.2, 0) is 19.0 Å². The van der Waals surface area contributed by atoms with Crippen molar-refractivity contribution >= 4 is 5.97 Å². The van der Waals surface area contributed by atoms with E-state index in [2.05, 4.69) is 11.8 Å². The van der Waals surface area contributed by atoms with Crippen LogP contribution < -0.4 is 0 Å². The number of ether oxygens (including phenoxy) is 3. The molecule has 0 amide bonds. The molecule has 10 nitrogen and oxygen atoms in total. The molecular formula is C29H56N2O8. The first-order valence-corrected chi connectivity index (χ1v) is 14.6. The fraction of sp³-hybridized carbons (Fsp3) is 0.966. The van der Waals surface area contributed by atoms with Crippen LogP contribution in [0.25, 0.3) is 0 Å². The van der Waals surface area contributed by atoms with Crippen molar-refractivity contribution in [2.24, 2.45) is 17.8 Å². The van der Waals surface area contributed by atoms with E-state index in [-0.39, 0.29) is 36.3 Å². The Morgan fingerprint density at radius 3 is 2.23 bits per heavy atom. The van der Waals surface area contributed by atoms with Crippen LogP contribution in [0.4, 0.5) is 0 Å². The lowest BCUT2D eigenvalue weighted by molar-refractivity contribution is -0.228. The summed E-state index contributed by atoms with van der Waals surface area (Å²) < 4.78 is 17.8. The zero-order valence-electron chi connectivity index (χ0n) is 25.8. The zero-order chi connectivity index (χ0) is 29.9. The number of carbonyl (C=O) groups is 1. The third-order valence-electron chi connectivity index (χ3n) is 8.69. The number of aliphatic hydroxyl groups is 3. The molecule has 230 valence electrons. The Hall–Kier alpha value is -0.850. The fourth-order valence-electron chi connectivity index (χ4n) is 6.46. The van der Waals surface area contributed by atoms with Gasteiger partial charge < -0.3 is 44.4 Å². The highest BCUT2D eigenvalue weighted by Crippen LogP contribution is 2.39. The molecule has 2 aliphatic heterocycles. The van der Waals surface area contributed by atoms with Crippen LogP contribution in [0.3, 0.4) is 0 Å². The minimum absolute atomic E-state index is 0.0228. The number of likely N-dealkylation sites (N-methyl/N-ethyl adjacent to an activating group) is 2. The van der Waals surface area contributed by atoms with Gasteiger partial charge in [-0.15, -0.1) is 0 Å². The van der Waals surface area contributed by atoms with E-state index in [4.69, 9.17) is 14.2 Å². The molecule has 12 atom stereocenters. The number of aliphatic hydroxyl groups excluding tert-OH is 1. The van der Waals surface area contributed by atoms with E-state index in [0.717, 1.165) is 6.42 Å². The largest absolute Gasteiger partial charge is 0.481 e. The molecule has 0 bridgehead atoms. The summed E-state index contributed by atoms with van der Waals surface area (Å²) in [5, 5.41) is 42.6. The molecule has 39 heavy (non-hydrogen) atoms. The van der Waals surface area contributed by atoms with Crippen molar-refractivity contribution in [2.75, 3.05) is 27.7 Å². The predicted molar refractivity (Wildman–Crippen MR) is 149 cm³/mol. The molecule has 0 aliphatic carbocycles. The molecule has 7 unspecified atom stereocenters. The Balaban J connectivity index is 1.99. The maximum absolute atomic E-state index is 12.0. The van der Waals surface area contributed by atoms with Gasteiger partial charge in [0.2, 0.25) is 0 Å². The molecule has 2 aliphatic rings. The fourth-order valence-corrected chi connectivity index (χ4v) is 6.46. The van der Waals surface area contributed by atoms with E-state index >= 15 is 0 Å². The van der Waals surface area contributed by atoms with Crippen molar-refractivity contribution in [1.29, 1.82) is 0 Å². The van der Waals surface area contributed by atoms with Crippen LogP contribution in [0.2, 0.25) is 0 Å². The van der Waals surface area contributed by atoms with E-state index in [1.807, 2.05) is 46.8 Å². The van der Waals surface area contributed by atoms with E-state index in [9.17, 15) is 25.2 Å². The number of hydrogen-bond donors (Lipinski definition) is 4. The van der Waals surface area contributed by atoms with Crippen LogP contribution in [0, 0.1) is 17.8 Å². The molecule has 2 rings (SSSR count). The summed E-state index contributed by atoms with van der Waals surface area (Å²) in [7, 11) is 5.88. The number of rotatable bonds is 17. The van der Waals surface area contributed by atoms with Gasteiger partial charge in [-0.1, -0.05) is 27.2 Å². The predicted octanol–water partition coefficient (Wildman–Crippen LogP) is 2.53. The van der Waals surface area contributed by atoms with Gasteiger partial charge in [0.15, 0.2) is 12.6 Å². The highest BCUT2D eigenvalue weighted by molar-refractivity contribution is 5.70. The SMILES string of the molecule is CCCC(C)(O)[C@H](O)[C@@H](C)N(C)C[C@H](C)CC(C)(O)C[C@@H](C)C(OC1CC(N(C)C)C2OC2O1)[C@@H](C)C(=O)O. The molecule has 2 fully saturated rings. The second kappa shape index (κ2) is 13.9. The van der Waals surface area contributed by atoms with Crippen LogP contribution in [-0.4, -0.2) is 118 Å². The molecule has 0 aromatic rings. The van der Waals surface area contributed by atoms with Crippen LogP contribution in [0.15, 0.2) is 0 Å². The standard InChI is InChI=1S/C29H56N2O8/c1-11-12-29(7,36)25(32)20(5)31(10)16-17(2)14-28(6,35)15-18(3)23(19(4)26(33)34)37-22-13-21(30(8)9)24-27(38-22)39-24/h17-25,27,32,35-36H,11-16H2,1-10H3,(H,33,34)/t17-,18-,19-,20-,21?,22?,23?,24?,25-,27?,28?,29?/m1/s1. The first kappa shape index (κ1) is 34.4. The van der Waals surface area contributed by atoms with Gasteiger partial charge in [-0.3, -0.25) is 4.79 Å². The maximum Gasteiger partial charge on any atom is 0.308 e. The topological polar surface area (TPSA) is 135 Å². The summed E-state index contributed by atoms with van der Waals surface area (Å²) in [6.07, 6.45) is 0.313. The lowest BCUT2D eigenvalue weighted by Gasteiger charge is -2.40. The van der Waals surface area contributed by atoms with Crippen molar-refractivity contribution in [2.45, 2.75) is 135 Å². The van der Waals surface area contributed by atoms with Crippen LogP contribution >= 0.6 is 0 Å². The van der Waals surface area contributed by atoms with Gasteiger partial charge in [0.05, 0.1) is 29.3 Å². The quantitative estimate of drug-likeness (QED) is 0.197. The molecule has 0 aromatic heterocycles. The Morgan fingerprint density at radius 1 is 1.08 bits per heavy atom. The van der Waals surface area contributed by atoms with Gasteiger partial charge in [-0.2, -0.15) is 0 Å². The number of fused-ring (bicyclic) bond motifs is 1. The summed E-state index contributed by atoms with van der Waals surface area (Å²) in [5.41, 5.74) is -2.22. The summed E-state index contributed by atoms with van der Waals surface area (Å²) in [4.78, 5) is 16.1. The van der Waals surface area contributed by atoms with Crippen molar-refractivity contribution in [3.05, 3.63) is 0 Å². The second-order valence-corrected chi connectivity index (χ2v) is 13.2. The normalized spacial score (nSPS) is 30.9. The van der Waals surface area contributed by atoms with Crippen LogP contribution in [0.5, 0.6) is 0 Å². The van der Waals surface area contributed by atoms with Crippen molar-refractivity contribution < 1.29 is 39.4 Å². The van der Waals surface area contributed by atoms with Gasteiger partial charge in [-0.05, 0) is 79.9 Å².